The number of rotatable bonds is 11. The van der Waals surface area contributed by atoms with Gasteiger partial charge in [0.05, 0.1) is 0 Å². The van der Waals surface area contributed by atoms with Crippen LogP contribution in [0.5, 0.6) is 5.75 Å². The Bertz CT molecular complexity index is 1080. The number of fused-ring (bicyclic) bond motifs is 3. The number of hydrogen-bond acceptors (Lipinski definition) is 6. The zero-order valence-corrected chi connectivity index (χ0v) is 18.8. The van der Waals surface area contributed by atoms with Gasteiger partial charge in [-0.05, 0) is 56.2 Å². The predicted molar refractivity (Wildman–Crippen MR) is 121 cm³/mol. The normalized spacial score (nSPS) is 13.7. The van der Waals surface area contributed by atoms with E-state index in [2.05, 4.69) is 10.6 Å². The fourth-order valence-corrected chi connectivity index (χ4v) is 4.03. The van der Waals surface area contributed by atoms with Crippen molar-refractivity contribution in [3.63, 3.8) is 0 Å². The van der Waals surface area contributed by atoms with Crippen LogP contribution in [0.3, 0.4) is 0 Å². The highest BCUT2D eigenvalue weighted by atomic mass is 16.5. The van der Waals surface area contributed by atoms with E-state index in [9.17, 15) is 19.2 Å². The third-order valence-corrected chi connectivity index (χ3v) is 5.66. The van der Waals surface area contributed by atoms with Crippen molar-refractivity contribution >= 4 is 28.8 Å². The van der Waals surface area contributed by atoms with Gasteiger partial charge < -0.3 is 24.9 Å². The van der Waals surface area contributed by atoms with Gasteiger partial charge in [-0.25, -0.2) is 4.79 Å². The molecule has 0 unspecified atom stereocenters. The lowest BCUT2D eigenvalue weighted by Gasteiger charge is -2.18. The second-order valence-electron chi connectivity index (χ2n) is 8.20. The van der Waals surface area contributed by atoms with Gasteiger partial charge >= 0.3 is 11.6 Å². The van der Waals surface area contributed by atoms with Crippen molar-refractivity contribution < 1.29 is 28.6 Å². The second kappa shape index (κ2) is 11.5. The van der Waals surface area contributed by atoms with Gasteiger partial charge in [0.2, 0.25) is 5.91 Å². The van der Waals surface area contributed by atoms with Gasteiger partial charge in [-0.1, -0.05) is 13.3 Å². The summed E-state index contributed by atoms with van der Waals surface area (Å²) in [5, 5.41) is 14.9. The molecule has 1 heterocycles. The number of carboxylic acids is 1. The zero-order valence-electron chi connectivity index (χ0n) is 18.8. The number of aliphatic carboxylic acids is 1. The van der Waals surface area contributed by atoms with Crippen LogP contribution in [0, 0.1) is 0 Å². The fourth-order valence-electron chi connectivity index (χ4n) is 4.03. The summed E-state index contributed by atoms with van der Waals surface area (Å²) < 4.78 is 11.0. The molecule has 1 atom stereocenters. The maximum atomic E-state index is 12.4. The molecule has 0 fully saturated rings. The molecule has 9 heteroatoms. The molecule has 0 bridgehead atoms. The standard InChI is InChI=1S/C24H30N2O7/c1-2-6-19(23(30)25-12-5-9-22(28)29)26-21(27)14-32-15-10-11-17-16-7-3-4-8-18(16)24(31)33-20(17)13-15/h10-11,13,19H,2-9,12,14H2,1H3,(H,25,30)(H,26,27)(H,28,29)/t19-/m1/s1. The molecule has 1 aromatic carbocycles. The van der Waals surface area contributed by atoms with E-state index >= 15 is 0 Å². The molecule has 178 valence electrons. The number of nitrogens with one attached hydrogen (secondary N) is 2. The molecule has 0 aliphatic heterocycles. The van der Waals surface area contributed by atoms with E-state index in [1.807, 2.05) is 13.0 Å². The van der Waals surface area contributed by atoms with Crippen LogP contribution in [0.1, 0.15) is 56.6 Å². The lowest BCUT2D eigenvalue weighted by Crippen LogP contribution is -2.48. The summed E-state index contributed by atoms with van der Waals surface area (Å²) in [7, 11) is 0. The summed E-state index contributed by atoms with van der Waals surface area (Å²) >= 11 is 0. The van der Waals surface area contributed by atoms with Crippen molar-refractivity contribution in [2.75, 3.05) is 13.2 Å². The summed E-state index contributed by atoms with van der Waals surface area (Å²) in [6.45, 7) is 1.83. The van der Waals surface area contributed by atoms with Crippen LogP contribution in [0.15, 0.2) is 27.4 Å². The Morgan fingerprint density at radius 3 is 2.67 bits per heavy atom. The van der Waals surface area contributed by atoms with Crippen LogP contribution in [-0.4, -0.2) is 42.1 Å². The smallest absolute Gasteiger partial charge is 0.339 e. The lowest BCUT2D eigenvalue weighted by atomic mass is 9.91. The average molecular weight is 459 g/mol. The molecular weight excluding hydrogens is 428 g/mol. The first-order valence-corrected chi connectivity index (χ1v) is 11.4. The summed E-state index contributed by atoms with van der Waals surface area (Å²) in [5.74, 6) is -1.34. The fraction of sp³-hybridized carbons (Fsp3) is 0.500. The van der Waals surface area contributed by atoms with E-state index in [4.69, 9.17) is 14.3 Å². The van der Waals surface area contributed by atoms with Gasteiger partial charge in [0.15, 0.2) is 6.61 Å². The minimum Gasteiger partial charge on any atom is -0.484 e. The molecule has 9 nitrogen and oxygen atoms in total. The monoisotopic (exact) mass is 458 g/mol. The van der Waals surface area contributed by atoms with Crippen molar-refractivity contribution in [3.05, 3.63) is 39.7 Å². The minimum absolute atomic E-state index is 0.0341. The molecule has 0 saturated heterocycles. The maximum absolute atomic E-state index is 12.4. The van der Waals surface area contributed by atoms with E-state index in [1.165, 1.54) is 0 Å². The molecule has 33 heavy (non-hydrogen) atoms. The first-order chi connectivity index (χ1) is 15.9. The Hall–Kier alpha value is -3.36. The molecule has 2 amide bonds. The van der Waals surface area contributed by atoms with Crippen molar-refractivity contribution in [1.29, 1.82) is 0 Å². The topological polar surface area (TPSA) is 135 Å². The minimum atomic E-state index is -0.923. The molecular formula is C24H30N2O7. The van der Waals surface area contributed by atoms with Crippen LogP contribution >= 0.6 is 0 Å². The Labute approximate surface area is 191 Å². The number of amides is 2. The van der Waals surface area contributed by atoms with Crippen molar-refractivity contribution in [2.45, 2.75) is 64.3 Å². The highest BCUT2D eigenvalue weighted by molar-refractivity contribution is 5.88. The number of carbonyl (C=O) groups excluding carboxylic acids is 2. The molecule has 1 aliphatic carbocycles. The van der Waals surface area contributed by atoms with Gasteiger partial charge in [0.1, 0.15) is 17.4 Å². The van der Waals surface area contributed by atoms with E-state index in [1.54, 1.807) is 12.1 Å². The van der Waals surface area contributed by atoms with Gasteiger partial charge in [-0.15, -0.1) is 0 Å². The summed E-state index contributed by atoms with van der Waals surface area (Å²) in [6, 6.07) is 4.47. The Morgan fingerprint density at radius 1 is 1.18 bits per heavy atom. The second-order valence-corrected chi connectivity index (χ2v) is 8.20. The number of ether oxygens (including phenoxy) is 1. The van der Waals surface area contributed by atoms with E-state index in [0.29, 0.717) is 30.6 Å². The first kappa shape index (κ1) is 24.3. The predicted octanol–water partition coefficient (Wildman–Crippen LogP) is 2.32. The SMILES string of the molecule is CCC[C@@H](NC(=O)COc1ccc2c3c(c(=O)oc2c1)CCCC3)C(=O)NCCCC(=O)O. The van der Waals surface area contributed by atoms with Gasteiger partial charge in [-0.2, -0.15) is 0 Å². The molecule has 3 N–H and O–H groups in total. The lowest BCUT2D eigenvalue weighted by molar-refractivity contribution is -0.137. The summed E-state index contributed by atoms with van der Waals surface area (Å²) in [5.41, 5.74) is 1.91. The van der Waals surface area contributed by atoms with Gasteiger partial charge in [0.25, 0.3) is 5.91 Å². The van der Waals surface area contributed by atoms with Gasteiger partial charge in [0, 0.05) is 30.0 Å². The molecule has 0 saturated carbocycles. The third kappa shape index (κ3) is 6.57. The molecule has 0 radical (unpaired) electrons. The third-order valence-electron chi connectivity index (χ3n) is 5.66. The number of hydrogen-bond donors (Lipinski definition) is 3. The van der Waals surface area contributed by atoms with Gasteiger partial charge in [-0.3, -0.25) is 14.4 Å². The summed E-state index contributed by atoms with van der Waals surface area (Å²) in [4.78, 5) is 47.5. The van der Waals surface area contributed by atoms with E-state index in [0.717, 1.165) is 42.2 Å². The number of carboxylic acid groups (broad SMARTS) is 1. The Kier molecular flexibility index (Phi) is 8.46. The maximum Gasteiger partial charge on any atom is 0.339 e. The molecule has 2 aromatic rings. The Balaban J connectivity index is 1.58. The quantitative estimate of drug-likeness (QED) is 0.347. The average Bonchev–Trinajstić information content (AvgIpc) is 2.80. The van der Waals surface area contributed by atoms with E-state index in [-0.39, 0.29) is 31.1 Å². The largest absolute Gasteiger partial charge is 0.484 e. The number of aryl methyl sites for hydroxylation is 1. The highest BCUT2D eigenvalue weighted by Crippen LogP contribution is 2.29. The summed E-state index contributed by atoms with van der Waals surface area (Å²) in [6.07, 6.45) is 5.02. The van der Waals surface area contributed by atoms with Crippen molar-refractivity contribution in [3.8, 4) is 5.75 Å². The first-order valence-electron chi connectivity index (χ1n) is 11.4. The molecule has 0 spiro atoms. The van der Waals surface area contributed by atoms with Crippen molar-refractivity contribution in [1.82, 2.24) is 10.6 Å². The van der Waals surface area contributed by atoms with Crippen LogP contribution in [-0.2, 0) is 27.2 Å². The van der Waals surface area contributed by atoms with Crippen LogP contribution in [0.2, 0.25) is 0 Å². The molecule has 3 rings (SSSR count). The van der Waals surface area contributed by atoms with Crippen molar-refractivity contribution in [2.24, 2.45) is 0 Å². The number of carbonyl (C=O) groups is 3. The van der Waals surface area contributed by atoms with Crippen LogP contribution in [0.4, 0.5) is 0 Å². The van der Waals surface area contributed by atoms with E-state index < -0.39 is 17.9 Å². The van der Waals surface area contributed by atoms with Crippen LogP contribution < -0.4 is 21.0 Å². The van der Waals surface area contributed by atoms with Crippen LogP contribution in [0.25, 0.3) is 11.0 Å². The highest BCUT2D eigenvalue weighted by Gasteiger charge is 2.21. The molecule has 1 aromatic heterocycles. The number of benzene rings is 1. The Morgan fingerprint density at radius 2 is 1.94 bits per heavy atom. The zero-order chi connectivity index (χ0) is 23.8. The molecule has 1 aliphatic rings.